The van der Waals surface area contributed by atoms with Crippen LogP contribution in [0, 0.1) is 6.92 Å². The van der Waals surface area contributed by atoms with Crippen LogP contribution in [0.5, 0.6) is 0 Å². The molecule has 0 spiro atoms. The number of carbonyl (C=O) groups is 1. The Kier molecular flexibility index (Phi) is 5.43. The summed E-state index contributed by atoms with van der Waals surface area (Å²) in [5.41, 5.74) is 1.87. The minimum atomic E-state index is -5.56. The van der Waals surface area contributed by atoms with Crippen LogP contribution >= 0.6 is 0 Å². The molecule has 0 radical (unpaired) electrons. The smallest absolute Gasteiger partial charge is 0.335 e. The average molecular weight is 407 g/mol. The number of rotatable bonds is 5. The summed E-state index contributed by atoms with van der Waals surface area (Å²) in [6.45, 7) is 1.64. The van der Waals surface area contributed by atoms with E-state index < -0.39 is 17.9 Å². The molecule has 0 saturated carbocycles. The number of anilines is 1. The number of halogens is 4. The Hall–Kier alpha value is -3.20. The molecule has 3 rings (SSSR count). The SMILES string of the molecule is COC(F)(C(=O)Nc1c(-c2ccccc2)c(C)nn1-c1ccccc1)C(F)(F)F. The predicted molar refractivity (Wildman–Crippen MR) is 99.3 cm³/mol. The van der Waals surface area contributed by atoms with Crippen LogP contribution in [-0.4, -0.2) is 34.8 Å². The number of aromatic nitrogens is 2. The van der Waals surface area contributed by atoms with Crippen LogP contribution in [0.4, 0.5) is 23.4 Å². The Morgan fingerprint density at radius 2 is 1.55 bits per heavy atom. The van der Waals surface area contributed by atoms with E-state index in [9.17, 15) is 22.4 Å². The van der Waals surface area contributed by atoms with Gasteiger partial charge in [0.25, 0.3) is 0 Å². The molecule has 3 aromatic rings. The molecular formula is C20H17F4N3O2. The Labute approximate surface area is 163 Å². The van der Waals surface area contributed by atoms with Crippen molar-refractivity contribution in [3.8, 4) is 16.8 Å². The van der Waals surface area contributed by atoms with Crippen LogP contribution in [0.2, 0.25) is 0 Å². The maximum atomic E-state index is 14.4. The molecule has 1 unspecified atom stereocenters. The molecule has 152 valence electrons. The summed E-state index contributed by atoms with van der Waals surface area (Å²) < 4.78 is 58.9. The molecule has 2 aromatic carbocycles. The van der Waals surface area contributed by atoms with Crippen molar-refractivity contribution in [3.05, 3.63) is 66.4 Å². The second-order valence-corrected chi connectivity index (χ2v) is 6.17. The van der Waals surface area contributed by atoms with Gasteiger partial charge in [-0.1, -0.05) is 48.5 Å². The number of aryl methyl sites for hydroxylation is 1. The highest BCUT2D eigenvalue weighted by atomic mass is 19.4. The molecule has 1 heterocycles. The molecule has 1 amide bonds. The first-order valence-electron chi connectivity index (χ1n) is 8.51. The fourth-order valence-corrected chi connectivity index (χ4v) is 2.87. The van der Waals surface area contributed by atoms with Gasteiger partial charge in [0, 0.05) is 12.7 Å². The molecule has 0 fully saturated rings. The average Bonchev–Trinajstić information content (AvgIpc) is 3.03. The highest BCUT2D eigenvalue weighted by molar-refractivity contribution is 6.00. The van der Waals surface area contributed by atoms with Gasteiger partial charge in [-0.15, -0.1) is 0 Å². The van der Waals surface area contributed by atoms with E-state index >= 15 is 0 Å². The predicted octanol–water partition coefficient (Wildman–Crippen LogP) is 4.66. The topological polar surface area (TPSA) is 56.1 Å². The van der Waals surface area contributed by atoms with Crippen molar-refractivity contribution in [2.24, 2.45) is 0 Å². The van der Waals surface area contributed by atoms with Gasteiger partial charge in [-0.3, -0.25) is 4.79 Å². The number of nitrogens with zero attached hydrogens (tertiary/aromatic N) is 2. The van der Waals surface area contributed by atoms with Crippen LogP contribution < -0.4 is 5.32 Å². The molecule has 29 heavy (non-hydrogen) atoms. The molecule has 1 aromatic heterocycles. The van der Waals surface area contributed by atoms with E-state index in [-0.39, 0.29) is 5.82 Å². The lowest BCUT2D eigenvalue weighted by Crippen LogP contribution is -2.52. The van der Waals surface area contributed by atoms with Gasteiger partial charge in [0.2, 0.25) is 0 Å². The van der Waals surface area contributed by atoms with Crippen molar-refractivity contribution in [1.82, 2.24) is 9.78 Å². The lowest BCUT2D eigenvalue weighted by molar-refractivity contribution is -0.305. The molecule has 0 bridgehead atoms. The lowest BCUT2D eigenvalue weighted by atomic mass is 10.1. The van der Waals surface area contributed by atoms with Crippen LogP contribution in [-0.2, 0) is 9.53 Å². The summed E-state index contributed by atoms with van der Waals surface area (Å²) in [5.74, 6) is -6.62. The Morgan fingerprint density at radius 3 is 2.07 bits per heavy atom. The van der Waals surface area contributed by atoms with Gasteiger partial charge in [0.05, 0.1) is 11.4 Å². The maximum absolute atomic E-state index is 14.4. The summed E-state index contributed by atoms with van der Waals surface area (Å²) in [5, 5.41) is 6.37. The normalized spacial score (nSPS) is 13.7. The Balaban J connectivity index is 2.17. The maximum Gasteiger partial charge on any atom is 0.458 e. The number of carbonyl (C=O) groups excluding carboxylic acids is 1. The first-order chi connectivity index (χ1) is 13.7. The van der Waals surface area contributed by atoms with E-state index in [1.807, 2.05) is 5.32 Å². The van der Waals surface area contributed by atoms with Gasteiger partial charge >= 0.3 is 17.9 Å². The highest BCUT2D eigenvalue weighted by Crippen LogP contribution is 2.38. The number of alkyl halides is 4. The quantitative estimate of drug-likeness (QED) is 0.626. The fourth-order valence-electron chi connectivity index (χ4n) is 2.87. The molecule has 0 aliphatic heterocycles. The third-order valence-corrected chi connectivity index (χ3v) is 4.29. The van der Waals surface area contributed by atoms with Gasteiger partial charge in [-0.25, -0.2) is 4.68 Å². The monoisotopic (exact) mass is 407 g/mol. The largest absolute Gasteiger partial charge is 0.458 e. The standard InChI is InChI=1S/C20H17F4N3O2/c1-13-16(14-9-5-3-6-10-14)17(27(26-13)15-11-7-4-8-12-15)25-18(28)19(21,29-2)20(22,23)24/h3-12H,1-2H3,(H,25,28). The van der Waals surface area contributed by atoms with Crippen LogP contribution in [0.25, 0.3) is 16.8 Å². The molecular weight excluding hydrogens is 390 g/mol. The van der Waals surface area contributed by atoms with Crippen LogP contribution in [0.3, 0.4) is 0 Å². The molecule has 0 aliphatic rings. The summed E-state index contributed by atoms with van der Waals surface area (Å²) in [6, 6.07) is 17.1. The van der Waals surface area contributed by atoms with Gasteiger partial charge in [0.15, 0.2) is 0 Å². The summed E-state index contributed by atoms with van der Waals surface area (Å²) >= 11 is 0. The third-order valence-electron chi connectivity index (χ3n) is 4.29. The fraction of sp³-hybridized carbons (Fsp3) is 0.200. The minimum Gasteiger partial charge on any atom is -0.335 e. The van der Waals surface area contributed by atoms with Crippen molar-refractivity contribution < 1.29 is 27.1 Å². The number of methoxy groups -OCH3 is 1. The minimum absolute atomic E-state index is 0.103. The summed E-state index contributed by atoms with van der Waals surface area (Å²) in [6.07, 6.45) is -5.56. The number of para-hydroxylation sites is 1. The van der Waals surface area contributed by atoms with E-state index in [0.29, 0.717) is 29.6 Å². The van der Waals surface area contributed by atoms with Crippen molar-refractivity contribution in [2.75, 3.05) is 12.4 Å². The van der Waals surface area contributed by atoms with Gasteiger partial charge in [-0.2, -0.15) is 22.7 Å². The first-order valence-corrected chi connectivity index (χ1v) is 8.51. The number of ether oxygens (including phenoxy) is 1. The second-order valence-electron chi connectivity index (χ2n) is 6.17. The van der Waals surface area contributed by atoms with Gasteiger partial charge in [-0.05, 0) is 24.6 Å². The zero-order valence-electron chi connectivity index (χ0n) is 15.5. The van der Waals surface area contributed by atoms with Crippen molar-refractivity contribution >= 4 is 11.7 Å². The third kappa shape index (κ3) is 3.73. The van der Waals surface area contributed by atoms with Gasteiger partial charge < -0.3 is 10.1 Å². The molecule has 0 aliphatic carbocycles. The number of hydrogen-bond donors (Lipinski definition) is 1. The van der Waals surface area contributed by atoms with E-state index in [0.717, 1.165) is 0 Å². The van der Waals surface area contributed by atoms with E-state index in [4.69, 9.17) is 0 Å². The zero-order chi connectivity index (χ0) is 21.2. The van der Waals surface area contributed by atoms with Crippen LogP contribution in [0.15, 0.2) is 60.7 Å². The molecule has 0 saturated heterocycles. The van der Waals surface area contributed by atoms with Crippen molar-refractivity contribution in [3.63, 3.8) is 0 Å². The Morgan fingerprint density at radius 1 is 1.00 bits per heavy atom. The highest BCUT2D eigenvalue weighted by Gasteiger charge is 2.63. The first kappa shape index (κ1) is 20.5. The molecule has 5 nitrogen and oxygen atoms in total. The number of benzene rings is 2. The van der Waals surface area contributed by atoms with E-state index in [1.165, 1.54) is 4.68 Å². The van der Waals surface area contributed by atoms with Crippen molar-refractivity contribution in [1.29, 1.82) is 0 Å². The summed E-state index contributed by atoms with van der Waals surface area (Å²) in [7, 11) is 0.477. The van der Waals surface area contributed by atoms with Crippen molar-refractivity contribution in [2.45, 2.75) is 19.0 Å². The van der Waals surface area contributed by atoms with E-state index in [2.05, 4.69) is 9.84 Å². The zero-order valence-corrected chi connectivity index (χ0v) is 15.5. The number of nitrogens with one attached hydrogen (secondary N) is 1. The second kappa shape index (κ2) is 7.67. The summed E-state index contributed by atoms with van der Waals surface area (Å²) in [4.78, 5) is 12.3. The Bertz CT molecular complexity index is 1000. The molecule has 1 atom stereocenters. The van der Waals surface area contributed by atoms with Gasteiger partial charge in [0.1, 0.15) is 5.82 Å². The number of hydrogen-bond acceptors (Lipinski definition) is 3. The lowest BCUT2D eigenvalue weighted by Gasteiger charge is -2.25. The molecule has 1 N–H and O–H groups in total. The van der Waals surface area contributed by atoms with Crippen LogP contribution in [0.1, 0.15) is 5.69 Å². The molecule has 9 heteroatoms. The van der Waals surface area contributed by atoms with E-state index in [1.54, 1.807) is 67.6 Å². The number of amides is 1.